The van der Waals surface area contributed by atoms with Gasteiger partial charge >= 0.3 is 0 Å². The number of allylic oxidation sites excluding steroid dienone is 2. The van der Waals surface area contributed by atoms with E-state index in [0.717, 1.165) is 31.5 Å². The number of aliphatic hydroxyl groups excluding tert-OH is 2. The molecule has 0 spiro atoms. The van der Waals surface area contributed by atoms with E-state index < -0.39 is 52.0 Å². The summed E-state index contributed by atoms with van der Waals surface area (Å²) in [6, 6.07) is 3.29. The van der Waals surface area contributed by atoms with E-state index in [4.69, 9.17) is 5.73 Å². The van der Waals surface area contributed by atoms with Gasteiger partial charge in [0.05, 0.1) is 5.56 Å². The second-order valence-electron chi connectivity index (χ2n) is 9.84. The lowest BCUT2D eigenvalue weighted by Gasteiger charge is -2.45. The number of phenols is 1. The maximum Gasteiger partial charge on any atom is 0.255 e. The van der Waals surface area contributed by atoms with Crippen LogP contribution < -0.4 is 5.73 Å². The number of carbonyl (C=O) groups is 3. The van der Waals surface area contributed by atoms with Crippen molar-refractivity contribution in [2.75, 3.05) is 13.1 Å². The number of aromatic hydroxyl groups is 1. The van der Waals surface area contributed by atoms with E-state index >= 15 is 0 Å². The van der Waals surface area contributed by atoms with Crippen molar-refractivity contribution < 1.29 is 34.8 Å². The number of primary amides is 1. The molecule has 34 heavy (non-hydrogen) atoms. The molecule has 1 unspecified atom stereocenters. The number of rotatable bonds is 3. The van der Waals surface area contributed by atoms with Gasteiger partial charge in [-0.1, -0.05) is 12.5 Å². The molecule has 0 bridgehead atoms. The van der Waals surface area contributed by atoms with E-state index in [1.165, 1.54) is 12.5 Å². The normalized spacial score (nSPS) is 29.6. The highest BCUT2D eigenvalue weighted by molar-refractivity contribution is 6.24. The van der Waals surface area contributed by atoms with Crippen LogP contribution in [0.2, 0.25) is 0 Å². The number of phenolic OH excluding ortho intramolecular Hbond substituents is 1. The highest BCUT2D eigenvalue weighted by Gasteiger charge is 2.59. The number of likely N-dealkylation sites (tertiary alicyclic amines) is 1. The zero-order valence-corrected chi connectivity index (χ0v) is 18.7. The van der Waals surface area contributed by atoms with Crippen molar-refractivity contribution in [3.05, 3.63) is 51.5 Å². The summed E-state index contributed by atoms with van der Waals surface area (Å²) in [6.07, 6.45) is 3.67. The van der Waals surface area contributed by atoms with E-state index in [9.17, 15) is 34.8 Å². The molecule has 1 aromatic carbocycles. The molecule has 180 valence electrons. The molecular formula is C25H28N2O7. The molecule has 9 nitrogen and oxygen atoms in total. The second kappa shape index (κ2) is 7.95. The third kappa shape index (κ3) is 3.18. The van der Waals surface area contributed by atoms with Crippen molar-refractivity contribution in [3.8, 4) is 5.75 Å². The van der Waals surface area contributed by atoms with Gasteiger partial charge < -0.3 is 26.2 Å². The van der Waals surface area contributed by atoms with Gasteiger partial charge in [0, 0.05) is 24.5 Å². The number of amides is 1. The van der Waals surface area contributed by atoms with Crippen LogP contribution in [-0.2, 0) is 22.6 Å². The summed E-state index contributed by atoms with van der Waals surface area (Å²) in [6.45, 7) is 2.57. The molecule has 0 radical (unpaired) electrons. The third-order valence-corrected chi connectivity index (χ3v) is 7.88. The molecule has 3 atom stereocenters. The highest BCUT2D eigenvalue weighted by atomic mass is 16.3. The summed E-state index contributed by atoms with van der Waals surface area (Å²) in [5, 5.41) is 43.2. The first-order valence-electron chi connectivity index (χ1n) is 11.7. The number of piperidine rings is 1. The molecule has 9 heteroatoms. The van der Waals surface area contributed by atoms with Gasteiger partial charge in [0.1, 0.15) is 22.8 Å². The first-order valence-corrected chi connectivity index (χ1v) is 11.7. The molecule has 3 aliphatic carbocycles. The van der Waals surface area contributed by atoms with Crippen LogP contribution in [0, 0.1) is 11.8 Å². The molecule has 6 N–H and O–H groups in total. The van der Waals surface area contributed by atoms with Crippen LogP contribution in [0.15, 0.2) is 34.8 Å². The van der Waals surface area contributed by atoms with Crippen LogP contribution in [0.1, 0.15) is 53.6 Å². The van der Waals surface area contributed by atoms with Crippen molar-refractivity contribution in [2.45, 2.75) is 50.7 Å². The highest BCUT2D eigenvalue weighted by Crippen LogP contribution is 2.51. The lowest BCUT2D eigenvalue weighted by atomic mass is 9.60. The average Bonchev–Trinajstić information content (AvgIpc) is 2.78. The van der Waals surface area contributed by atoms with Gasteiger partial charge in [0.15, 0.2) is 11.4 Å². The predicted octanol–water partition coefficient (Wildman–Crippen LogP) is 1.57. The third-order valence-electron chi connectivity index (χ3n) is 7.88. The number of aliphatic hydroxyl groups is 3. The monoisotopic (exact) mass is 468 g/mol. The Balaban J connectivity index is 1.59. The standard InChI is InChI=1S/C25H28N2O7/c26-24(33)20-17(29)10-14-8-13-9-15-12(11-27-6-2-1-3-7-27)4-5-16(28)19(15)21(30)18(13)22(31)25(14,34)23(20)32/h4-5,13-14,28-29,31,34H,1-3,6-11H2,(H2,26,33)/t13?,14-,25-/m0/s1. The molecule has 1 amide bonds. The van der Waals surface area contributed by atoms with Crippen molar-refractivity contribution in [1.82, 2.24) is 4.90 Å². The Bertz CT molecular complexity index is 1180. The van der Waals surface area contributed by atoms with Gasteiger partial charge in [-0.05, 0) is 61.9 Å². The van der Waals surface area contributed by atoms with Gasteiger partial charge in [-0.15, -0.1) is 0 Å². The molecule has 0 aromatic heterocycles. The van der Waals surface area contributed by atoms with Crippen LogP contribution in [-0.4, -0.2) is 61.5 Å². The summed E-state index contributed by atoms with van der Waals surface area (Å²) in [4.78, 5) is 40.6. The Morgan fingerprint density at radius 1 is 1.09 bits per heavy atom. The molecule has 5 rings (SSSR count). The van der Waals surface area contributed by atoms with Gasteiger partial charge in [-0.3, -0.25) is 19.3 Å². The van der Waals surface area contributed by atoms with Crippen LogP contribution in [0.25, 0.3) is 0 Å². The van der Waals surface area contributed by atoms with Crippen LogP contribution in [0.4, 0.5) is 0 Å². The van der Waals surface area contributed by atoms with Crippen LogP contribution >= 0.6 is 0 Å². The number of nitrogens with zero attached hydrogens (tertiary/aromatic N) is 1. The summed E-state index contributed by atoms with van der Waals surface area (Å²) in [5.41, 5.74) is 3.51. The van der Waals surface area contributed by atoms with Crippen molar-refractivity contribution in [3.63, 3.8) is 0 Å². The van der Waals surface area contributed by atoms with E-state index in [2.05, 4.69) is 4.90 Å². The number of fused-ring (bicyclic) bond motifs is 3. The van der Waals surface area contributed by atoms with Gasteiger partial charge in [-0.2, -0.15) is 0 Å². The number of hydrogen-bond donors (Lipinski definition) is 5. The molecule has 1 saturated heterocycles. The minimum atomic E-state index is -2.53. The van der Waals surface area contributed by atoms with E-state index in [1.54, 1.807) is 0 Å². The molecule has 4 aliphatic rings. The Hall–Kier alpha value is -3.17. The largest absolute Gasteiger partial charge is 0.511 e. The second-order valence-corrected chi connectivity index (χ2v) is 9.84. The fraction of sp³-hybridized carbons (Fsp3) is 0.480. The minimum absolute atomic E-state index is 0.0751. The number of benzene rings is 1. The summed E-state index contributed by atoms with van der Waals surface area (Å²) in [5.74, 6) is -6.05. The summed E-state index contributed by atoms with van der Waals surface area (Å²) in [7, 11) is 0. The van der Waals surface area contributed by atoms with E-state index in [0.29, 0.717) is 18.5 Å². The van der Waals surface area contributed by atoms with E-state index in [-0.39, 0.29) is 29.7 Å². The Morgan fingerprint density at radius 2 is 1.79 bits per heavy atom. The first-order chi connectivity index (χ1) is 16.1. The van der Waals surface area contributed by atoms with Crippen molar-refractivity contribution in [1.29, 1.82) is 0 Å². The first kappa shape index (κ1) is 22.6. The average molecular weight is 469 g/mol. The van der Waals surface area contributed by atoms with Crippen LogP contribution in [0.5, 0.6) is 5.75 Å². The zero-order chi connectivity index (χ0) is 24.4. The van der Waals surface area contributed by atoms with E-state index in [1.807, 2.05) is 6.07 Å². The SMILES string of the molecule is NC(=O)C1=C(O)C[C@@H]2CC3Cc4c(CN5CCCCC5)ccc(O)c4C(=O)C3=C(O)[C@]2(O)C1=O. The fourth-order valence-electron chi connectivity index (χ4n) is 6.19. The number of Topliss-reactive ketones (excluding diaryl/α,β-unsaturated/α-hetero) is 2. The number of nitrogens with two attached hydrogens (primary N) is 1. The molecule has 0 saturated carbocycles. The zero-order valence-electron chi connectivity index (χ0n) is 18.7. The topological polar surface area (TPSA) is 161 Å². The maximum atomic E-state index is 13.6. The number of ketones is 2. The van der Waals surface area contributed by atoms with Gasteiger partial charge in [0.2, 0.25) is 5.78 Å². The van der Waals surface area contributed by atoms with Crippen molar-refractivity contribution >= 4 is 17.5 Å². The van der Waals surface area contributed by atoms with Crippen LogP contribution in [0.3, 0.4) is 0 Å². The molecular weight excluding hydrogens is 440 g/mol. The smallest absolute Gasteiger partial charge is 0.255 e. The van der Waals surface area contributed by atoms with Crippen molar-refractivity contribution in [2.24, 2.45) is 17.6 Å². The Morgan fingerprint density at radius 3 is 2.47 bits per heavy atom. The Kier molecular flexibility index (Phi) is 5.29. The molecule has 1 heterocycles. The van der Waals surface area contributed by atoms with Gasteiger partial charge in [-0.25, -0.2) is 0 Å². The number of carbonyl (C=O) groups excluding carboxylic acids is 3. The lowest BCUT2D eigenvalue weighted by Crippen LogP contribution is -2.57. The summed E-state index contributed by atoms with van der Waals surface area (Å²) >= 11 is 0. The fourth-order valence-corrected chi connectivity index (χ4v) is 6.19. The van der Waals surface area contributed by atoms with Gasteiger partial charge in [0.25, 0.3) is 5.91 Å². The molecule has 1 fully saturated rings. The maximum absolute atomic E-state index is 13.6. The minimum Gasteiger partial charge on any atom is -0.511 e. The molecule has 1 aliphatic heterocycles. The predicted molar refractivity (Wildman–Crippen MR) is 120 cm³/mol. The summed E-state index contributed by atoms with van der Waals surface area (Å²) < 4.78 is 0. The molecule has 1 aromatic rings. The quantitative estimate of drug-likeness (QED) is 0.418. The number of hydrogen-bond acceptors (Lipinski definition) is 8. The Labute approximate surface area is 196 Å². The lowest BCUT2D eigenvalue weighted by molar-refractivity contribution is -0.144.